The minimum Gasteiger partial charge on any atom is -0.326 e. The molecule has 1 heterocycles. The molecular formula is C16H22FN3S. The highest BCUT2D eigenvalue weighted by Gasteiger charge is 2.24. The zero-order valence-corrected chi connectivity index (χ0v) is 13.5. The van der Waals surface area contributed by atoms with E-state index in [1.165, 1.54) is 10.9 Å². The van der Waals surface area contributed by atoms with Crippen LogP contribution >= 0.6 is 11.3 Å². The van der Waals surface area contributed by atoms with Crippen LogP contribution in [0.25, 0.3) is 0 Å². The summed E-state index contributed by atoms with van der Waals surface area (Å²) in [4.78, 5) is 7.69. The lowest BCUT2D eigenvalue weighted by atomic mass is 9.96. The number of halogens is 1. The summed E-state index contributed by atoms with van der Waals surface area (Å²) in [6.45, 7) is 4.84. The van der Waals surface area contributed by atoms with Gasteiger partial charge >= 0.3 is 0 Å². The SMILES string of the molecule is CCC(N)C(c1cccc(F)c1)N(C)Cc1scnc1C. The lowest BCUT2D eigenvalue weighted by Gasteiger charge is -2.32. The molecule has 0 saturated heterocycles. The summed E-state index contributed by atoms with van der Waals surface area (Å²) in [6, 6.07) is 6.68. The fourth-order valence-corrected chi connectivity index (χ4v) is 3.38. The zero-order valence-electron chi connectivity index (χ0n) is 12.7. The second-order valence-corrected chi connectivity index (χ2v) is 6.29. The molecule has 0 spiro atoms. The first-order valence-electron chi connectivity index (χ1n) is 7.13. The summed E-state index contributed by atoms with van der Waals surface area (Å²) >= 11 is 1.65. The first kappa shape index (κ1) is 16.1. The number of nitrogens with two attached hydrogens (primary N) is 1. The standard InChI is InChI=1S/C16H22FN3S/c1-4-14(18)16(12-6-5-7-13(17)8-12)20(3)9-15-11(2)19-10-21-15/h5-8,10,14,16H,4,9,18H2,1-3H3. The van der Waals surface area contributed by atoms with Gasteiger partial charge in [0, 0.05) is 17.5 Å². The van der Waals surface area contributed by atoms with Gasteiger partial charge in [-0.25, -0.2) is 9.37 Å². The van der Waals surface area contributed by atoms with Crippen molar-refractivity contribution >= 4 is 11.3 Å². The van der Waals surface area contributed by atoms with Gasteiger partial charge in [0.1, 0.15) is 5.82 Å². The van der Waals surface area contributed by atoms with Crippen LogP contribution in [-0.4, -0.2) is 23.0 Å². The van der Waals surface area contributed by atoms with E-state index in [1.807, 2.05) is 25.5 Å². The number of thiazole rings is 1. The lowest BCUT2D eigenvalue weighted by Crippen LogP contribution is -2.38. The maximum Gasteiger partial charge on any atom is 0.123 e. The number of hydrogen-bond acceptors (Lipinski definition) is 4. The Balaban J connectivity index is 2.25. The summed E-state index contributed by atoms with van der Waals surface area (Å²) < 4.78 is 13.5. The smallest absolute Gasteiger partial charge is 0.123 e. The molecule has 0 radical (unpaired) electrons. The van der Waals surface area contributed by atoms with Crippen molar-refractivity contribution in [2.45, 2.75) is 38.9 Å². The monoisotopic (exact) mass is 307 g/mol. The number of rotatable bonds is 6. The van der Waals surface area contributed by atoms with Crippen molar-refractivity contribution in [1.29, 1.82) is 0 Å². The quantitative estimate of drug-likeness (QED) is 0.888. The molecule has 114 valence electrons. The molecule has 2 aromatic rings. The molecule has 5 heteroatoms. The van der Waals surface area contributed by atoms with Gasteiger partial charge in [-0.2, -0.15) is 0 Å². The van der Waals surface area contributed by atoms with Gasteiger partial charge in [-0.15, -0.1) is 11.3 Å². The minimum atomic E-state index is -0.219. The highest BCUT2D eigenvalue weighted by atomic mass is 32.1. The molecule has 0 aliphatic rings. The number of aryl methyl sites for hydroxylation is 1. The Hall–Kier alpha value is -1.30. The second-order valence-electron chi connectivity index (χ2n) is 5.35. The minimum absolute atomic E-state index is 0.00722. The maximum atomic E-state index is 13.5. The molecule has 2 atom stereocenters. The van der Waals surface area contributed by atoms with Gasteiger partial charge in [0.05, 0.1) is 17.2 Å². The van der Waals surface area contributed by atoms with E-state index in [2.05, 4.69) is 16.8 Å². The molecule has 1 aromatic carbocycles. The van der Waals surface area contributed by atoms with Crippen molar-refractivity contribution in [3.63, 3.8) is 0 Å². The summed E-state index contributed by atoms with van der Waals surface area (Å²) in [7, 11) is 2.03. The van der Waals surface area contributed by atoms with Crippen molar-refractivity contribution in [3.05, 3.63) is 51.7 Å². The van der Waals surface area contributed by atoms with Crippen LogP contribution in [0.4, 0.5) is 4.39 Å². The van der Waals surface area contributed by atoms with Gasteiger partial charge in [-0.1, -0.05) is 19.1 Å². The predicted octanol–water partition coefficient (Wildman–Crippen LogP) is 3.50. The van der Waals surface area contributed by atoms with E-state index >= 15 is 0 Å². The molecule has 0 saturated carbocycles. The Kier molecular flexibility index (Phi) is 5.45. The van der Waals surface area contributed by atoms with Crippen LogP contribution in [0.1, 0.15) is 35.5 Å². The first-order chi connectivity index (χ1) is 10.0. The first-order valence-corrected chi connectivity index (χ1v) is 8.01. The largest absolute Gasteiger partial charge is 0.326 e. The van der Waals surface area contributed by atoms with E-state index < -0.39 is 0 Å². The van der Waals surface area contributed by atoms with Crippen molar-refractivity contribution in [2.75, 3.05) is 7.05 Å². The number of nitrogens with zero attached hydrogens (tertiary/aromatic N) is 2. The summed E-state index contributed by atoms with van der Waals surface area (Å²) in [5.74, 6) is -0.219. The highest BCUT2D eigenvalue weighted by molar-refractivity contribution is 7.09. The van der Waals surface area contributed by atoms with Crippen molar-refractivity contribution in [3.8, 4) is 0 Å². The molecule has 0 aliphatic carbocycles. The van der Waals surface area contributed by atoms with Gasteiger partial charge in [0.15, 0.2) is 0 Å². The average Bonchev–Trinajstić information content (AvgIpc) is 2.84. The number of hydrogen-bond donors (Lipinski definition) is 1. The van der Waals surface area contributed by atoms with E-state index in [0.29, 0.717) is 0 Å². The van der Waals surface area contributed by atoms with E-state index in [9.17, 15) is 4.39 Å². The highest BCUT2D eigenvalue weighted by Crippen LogP contribution is 2.27. The normalized spacial score (nSPS) is 14.4. The Morgan fingerprint density at radius 2 is 2.19 bits per heavy atom. The van der Waals surface area contributed by atoms with Crippen LogP contribution in [0.3, 0.4) is 0 Å². The van der Waals surface area contributed by atoms with Gasteiger partial charge < -0.3 is 5.73 Å². The Bertz CT molecular complexity index is 584. The molecular weight excluding hydrogens is 285 g/mol. The topological polar surface area (TPSA) is 42.1 Å². The molecule has 1 aromatic heterocycles. The fraction of sp³-hybridized carbons (Fsp3) is 0.438. The third-order valence-corrected chi connectivity index (χ3v) is 4.70. The maximum absolute atomic E-state index is 13.5. The Morgan fingerprint density at radius 3 is 2.76 bits per heavy atom. The Labute approximate surface area is 129 Å². The van der Waals surface area contributed by atoms with Gasteiger partial charge in [0.2, 0.25) is 0 Å². The molecule has 0 fully saturated rings. The van der Waals surface area contributed by atoms with E-state index in [0.717, 1.165) is 24.2 Å². The zero-order chi connectivity index (χ0) is 15.4. The van der Waals surface area contributed by atoms with Crippen LogP contribution < -0.4 is 5.73 Å². The van der Waals surface area contributed by atoms with E-state index in [1.54, 1.807) is 23.5 Å². The van der Waals surface area contributed by atoms with Crippen molar-refractivity contribution in [2.24, 2.45) is 5.73 Å². The molecule has 0 bridgehead atoms. The third kappa shape index (κ3) is 3.87. The van der Waals surface area contributed by atoms with Crippen LogP contribution in [0.2, 0.25) is 0 Å². The molecule has 3 nitrogen and oxygen atoms in total. The Morgan fingerprint density at radius 1 is 1.43 bits per heavy atom. The molecule has 2 rings (SSSR count). The lowest BCUT2D eigenvalue weighted by molar-refractivity contribution is 0.202. The van der Waals surface area contributed by atoms with Gasteiger partial charge in [0.25, 0.3) is 0 Å². The van der Waals surface area contributed by atoms with Crippen molar-refractivity contribution < 1.29 is 4.39 Å². The predicted molar refractivity (Wildman–Crippen MR) is 85.7 cm³/mol. The fourth-order valence-electron chi connectivity index (χ4n) is 2.55. The van der Waals surface area contributed by atoms with Crippen LogP contribution in [0.5, 0.6) is 0 Å². The summed E-state index contributed by atoms with van der Waals surface area (Å²) in [5.41, 5.74) is 10.1. The van der Waals surface area contributed by atoms with Crippen molar-refractivity contribution in [1.82, 2.24) is 9.88 Å². The number of likely N-dealkylation sites (N-methyl/N-ethyl adjacent to an activating group) is 1. The third-order valence-electron chi connectivity index (χ3n) is 3.78. The molecule has 0 aliphatic heterocycles. The van der Waals surface area contributed by atoms with E-state index in [-0.39, 0.29) is 17.9 Å². The molecule has 21 heavy (non-hydrogen) atoms. The second kappa shape index (κ2) is 7.11. The molecule has 0 amide bonds. The molecule has 2 N–H and O–H groups in total. The summed E-state index contributed by atoms with van der Waals surface area (Å²) in [5, 5.41) is 0. The van der Waals surface area contributed by atoms with E-state index in [4.69, 9.17) is 5.73 Å². The van der Waals surface area contributed by atoms with Gasteiger partial charge in [-0.3, -0.25) is 4.90 Å². The molecule has 2 unspecified atom stereocenters. The number of benzene rings is 1. The number of aromatic nitrogens is 1. The van der Waals surface area contributed by atoms with Crippen LogP contribution in [0.15, 0.2) is 29.8 Å². The summed E-state index contributed by atoms with van der Waals surface area (Å²) in [6.07, 6.45) is 0.840. The van der Waals surface area contributed by atoms with Crippen LogP contribution in [-0.2, 0) is 6.54 Å². The average molecular weight is 307 g/mol. The van der Waals surface area contributed by atoms with Crippen LogP contribution in [0, 0.1) is 12.7 Å². The van der Waals surface area contributed by atoms with Gasteiger partial charge in [-0.05, 0) is 38.1 Å².